The van der Waals surface area contributed by atoms with Gasteiger partial charge in [0.05, 0.1) is 6.61 Å². The summed E-state index contributed by atoms with van der Waals surface area (Å²) in [5, 5.41) is 3.67. The molecule has 0 radical (unpaired) electrons. The molecule has 1 aliphatic heterocycles. The van der Waals surface area contributed by atoms with Gasteiger partial charge in [0.15, 0.2) is 0 Å². The summed E-state index contributed by atoms with van der Waals surface area (Å²) in [6.07, 6.45) is 5.25. The van der Waals surface area contributed by atoms with Crippen LogP contribution in [0.5, 0.6) is 5.75 Å². The van der Waals surface area contributed by atoms with Crippen LogP contribution in [0, 0.1) is 12.8 Å². The van der Waals surface area contributed by atoms with Gasteiger partial charge in [0, 0.05) is 17.8 Å². The molecule has 0 aliphatic carbocycles. The van der Waals surface area contributed by atoms with Crippen LogP contribution in [0.2, 0.25) is 0 Å². The summed E-state index contributed by atoms with van der Waals surface area (Å²) in [6, 6.07) is 13.8. The summed E-state index contributed by atoms with van der Waals surface area (Å²) in [6.45, 7) is 6.81. The van der Waals surface area contributed by atoms with Crippen molar-refractivity contribution in [3.8, 4) is 5.75 Å². The summed E-state index contributed by atoms with van der Waals surface area (Å²) < 4.78 is 6.97. The van der Waals surface area contributed by atoms with E-state index in [2.05, 4.69) is 30.3 Å². The van der Waals surface area contributed by atoms with Crippen molar-refractivity contribution in [3.63, 3.8) is 0 Å². The number of hydrogen-bond donors (Lipinski definition) is 1. The Balaban J connectivity index is 0.000000176. The minimum absolute atomic E-state index is 0.156. The maximum Gasteiger partial charge on any atom is 0.128 e. The predicted molar refractivity (Wildman–Crippen MR) is 124 cm³/mol. The molecule has 0 saturated carbocycles. The second kappa shape index (κ2) is 10.7. The number of carbonyl (C=O) groups is 2. The molecular formula is C24H26N3O3Tl. The molecule has 1 aromatic heterocycles. The number of rotatable bonds is 5. The van der Waals surface area contributed by atoms with Crippen LogP contribution >= 0.6 is 0 Å². The van der Waals surface area contributed by atoms with E-state index < -0.39 is 5.92 Å². The Hall–Kier alpha value is -2.49. The van der Waals surface area contributed by atoms with Crippen molar-refractivity contribution in [2.24, 2.45) is 5.92 Å². The second-order valence-electron chi connectivity index (χ2n) is 7.35. The maximum absolute atomic E-state index is 11.9. The fourth-order valence-corrected chi connectivity index (χ4v) is 4.09. The van der Waals surface area contributed by atoms with Gasteiger partial charge in [-0.3, -0.25) is 4.98 Å². The molecule has 2 heterocycles. The largest absolute Gasteiger partial charge is 0.493 e. The molecule has 1 saturated heterocycles. The average Bonchev–Trinajstić information content (AvgIpc) is 3.07. The quantitative estimate of drug-likeness (QED) is 0.357. The van der Waals surface area contributed by atoms with E-state index >= 15 is 0 Å². The molecule has 7 heteroatoms. The SMILES string of the molecule is CCC1C(=O)NN(c2cc[c]([Tl])cc2)C1=O.CCCOc1ccc(C)c2ccncc12. The third-order valence-electron chi connectivity index (χ3n) is 5.07. The number of amides is 2. The summed E-state index contributed by atoms with van der Waals surface area (Å²) in [5.74, 6) is 0.0449. The van der Waals surface area contributed by atoms with Gasteiger partial charge in [-0.2, -0.15) is 0 Å². The number of carbonyl (C=O) groups excluding carboxylic acids is 2. The molecular weight excluding hydrogens is 583 g/mol. The molecule has 1 atom stereocenters. The summed E-state index contributed by atoms with van der Waals surface area (Å²) in [7, 11) is 0. The number of pyridine rings is 1. The van der Waals surface area contributed by atoms with Gasteiger partial charge in [-0.05, 0) is 36.4 Å². The zero-order valence-electron chi connectivity index (χ0n) is 18.1. The first-order valence-electron chi connectivity index (χ1n) is 10.4. The Morgan fingerprint density at radius 1 is 1.06 bits per heavy atom. The summed E-state index contributed by atoms with van der Waals surface area (Å²) in [4.78, 5) is 27.5. The van der Waals surface area contributed by atoms with Crippen LogP contribution in [-0.2, 0) is 9.59 Å². The van der Waals surface area contributed by atoms with E-state index in [1.807, 2.05) is 55.7 Å². The van der Waals surface area contributed by atoms with Crippen molar-refractivity contribution in [1.29, 1.82) is 0 Å². The number of nitrogens with one attached hydrogen (secondary N) is 1. The number of aryl methyl sites for hydroxylation is 1. The molecule has 1 unspecified atom stereocenters. The standard InChI is InChI=1S/C13H15NO.C11H11N2O2.Tl/c1-3-8-15-13-5-4-10(2)11-6-7-14-9-12(11)13;1-2-9-10(14)12-13(11(9)15)8-6-4-3-5-7-8;/h4-7,9H,3,8H2,1-2H3;4-7,9H,2H2,1H3,(H,12,14);. The number of fused-ring (bicyclic) bond motifs is 1. The average molecular weight is 609 g/mol. The van der Waals surface area contributed by atoms with Crippen molar-refractivity contribution >= 4 is 57.2 Å². The van der Waals surface area contributed by atoms with Gasteiger partial charge in [0.1, 0.15) is 5.75 Å². The van der Waals surface area contributed by atoms with E-state index in [4.69, 9.17) is 4.74 Å². The van der Waals surface area contributed by atoms with Gasteiger partial charge in [0.2, 0.25) is 0 Å². The summed E-state index contributed by atoms with van der Waals surface area (Å²) >= 11 is 0.784. The zero-order chi connectivity index (χ0) is 22.4. The molecule has 4 rings (SSSR count). The number of hydrazine groups is 1. The van der Waals surface area contributed by atoms with Crippen molar-refractivity contribution in [2.75, 3.05) is 11.6 Å². The van der Waals surface area contributed by atoms with Crippen LogP contribution in [0.25, 0.3) is 10.8 Å². The van der Waals surface area contributed by atoms with Crippen LogP contribution in [0.4, 0.5) is 5.69 Å². The van der Waals surface area contributed by atoms with Gasteiger partial charge in [-0.25, -0.2) is 0 Å². The molecule has 2 aromatic carbocycles. The molecule has 1 fully saturated rings. The first kappa shape index (κ1) is 23.2. The Morgan fingerprint density at radius 3 is 2.45 bits per heavy atom. The fraction of sp³-hybridized carbons (Fsp3) is 0.292. The van der Waals surface area contributed by atoms with Crippen LogP contribution in [0.3, 0.4) is 0 Å². The minimum atomic E-state index is -0.530. The summed E-state index contributed by atoms with van der Waals surface area (Å²) in [5.41, 5.74) is 4.59. The van der Waals surface area contributed by atoms with Crippen molar-refractivity contribution < 1.29 is 14.3 Å². The van der Waals surface area contributed by atoms with Gasteiger partial charge in [-0.15, -0.1) is 0 Å². The number of benzene rings is 2. The topological polar surface area (TPSA) is 71.5 Å². The number of anilines is 1. The Labute approximate surface area is 198 Å². The monoisotopic (exact) mass is 609 g/mol. The fourth-order valence-electron chi connectivity index (χ4n) is 3.34. The smallest absolute Gasteiger partial charge is 0.128 e. The maximum atomic E-state index is 11.9. The zero-order valence-corrected chi connectivity index (χ0v) is 22.6. The third kappa shape index (κ3) is 5.41. The predicted octanol–water partition coefficient (Wildman–Crippen LogP) is 3.22. The van der Waals surface area contributed by atoms with E-state index in [0.717, 1.165) is 55.6 Å². The number of ether oxygens (including phenoxy) is 1. The van der Waals surface area contributed by atoms with E-state index in [9.17, 15) is 9.59 Å². The van der Waals surface area contributed by atoms with Crippen molar-refractivity contribution in [3.05, 3.63) is 60.4 Å². The first-order valence-corrected chi connectivity index (χ1v) is 12.7. The van der Waals surface area contributed by atoms with E-state index in [-0.39, 0.29) is 11.8 Å². The molecule has 1 N–H and O–H groups in total. The molecule has 1 aliphatic rings. The van der Waals surface area contributed by atoms with E-state index in [1.54, 1.807) is 0 Å². The van der Waals surface area contributed by atoms with Gasteiger partial charge in [0.25, 0.3) is 0 Å². The molecule has 0 spiro atoms. The Kier molecular flexibility index (Phi) is 8.00. The van der Waals surface area contributed by atoms with Crippen LogP contribution in [0.1, 0.15) is 32.3 Å². The van der Waals surface area contributed by atoms with E-state index in [1.165, 1.54) is 19.1 Å². The Morgan fingerprint density at radius 2 is 1.81 bits per heavy atom. The van der Waals surface area contributed by atoms with Crippen LogP contribution in [-0.4, -0.2) is 49.2 Å². The molecule has 3 aromatic rings. The first-order chi connectivity index (χ1) is 15.0. The normalized spacial score (nSPS) is 15.4. The van der Waals surface area contributed by atoms with Gasteiger partial charge >= 0.3 is 110 Å². The number of aromatic nitrogens is 1. The third-order valence-corrected chi connectivity index (χ3v) is 6.57. The van der Waals surface area contributed by atoms with Gasteiger partial charge in [-0.1, -0.05) is 13.0 Å². The van der Waals surface area contributed by atoms with Crippen molar-refractivity contribution in [2.45, 2.75) is 33.6 Å². The second-order valence-corrected chi connectivity index (χ2v) is 9.94. The number of hydrogen-bond acceptors (Lipinski definition) is 4. The molecule has 31 heavy (non-hydrogen) atoms. The van der Waals surface area contributed by atoms with Gasteiger partial charge < -0.3 is 4.74 Å². The minimum Gasteiger partial charge on any atom is -0.493 e. The number of nitrogens with zero attached hydrogens (tertiary/aromatic N) is 2. The van der Waals surface area contributed by atoms with Crippen LogP contribution < -0.4 is 18.3 Å². The molecule has 0 bridgehead atoms. The van der Waals surface area contributed by atoms with E-state index in [0.29, 0.717) is 6.42 Å². The Bertz CT molecular complexity index is 1070. The molecule has 158 valence electrons. The van der Waals surface area contributed by atoms with Crippen molar-refractivity contribution in [1.82, 2.24) is 10.4 Å². The molecule has 6 nitrogen and oxygen atoms in total. The molecule has 2 amide bonds. The van der Waals surface area contributed by atoms with Crippen LogP contribution in [0.15, 0.2) is 54.9 Å².